The predicted molar refractivity (Wildman–Crippen MR) is 76.9 cm³/mol. The standard InChI is InChI=1S/C15H14ClNO2/c1-2-19-10-7-8-11(13(16)9-10)15(18)12-5-3-4-6-14(12)17/h3-9H,2,17H2,1H3. The minimum Gasteiger partial charge on any atom is -0.494 e. The summed E-state index contributed by atoms with van der Waals surface area (Å²) < 4.78 is 5.33. The Morgan fingerprint density at radius 1 is 1.21 bits per heavy atom. The Hall–Kier alpha value is -2.00. The average Bonchev–Trinajstić information content (AvgIpc) is 2.39. The molecule has 0 unspecified atom stereocenters. The number of benzene rings is 2. The van der Waals surface area contributed by atoms with Crippen LogP contribution < -0.4 is 10.5 Å². The third-order valence-corrected chi connectivity index (χ3v) is 3.01. The largest absolute Gasteiger partial charge is 0.494 e. The van der Waals surface area contributed by atoms with Crippen molar-refractivity contribution in [1.29, 1.82) is 0 Å². The van der Waals surface area contributed by atoms with Crippen LogP contribution in [-0.2, 0) is 0 Å². The van der Waals surface area contributed by atoms with Gasteiger partial charge in [0, 0.05) is 16.8 Å². The second-order valence-corrected chi connectivity index (χ2v) is 4.40. The summed E-state index contributed by atoms with van der Waals surface area (Å²) in [5.74, 6) is 0.455. The zero-order valence-electron chi connectivity index (χ0n) is 10.5. The van der Waals surface area contributed by atoms with Crippen LogP contribution in [0.1, 0.15) is 22.8 Å². The maximum atomic E-state index is 12.4. The number of ether oxygens (including phenoxy) is 1. The molecule has 0 amide bonds. The lowest BCUT2D eigenvalue weighted by Gasteiger charge is -2.08. The van der Waals surface area contributed by atoms with Crippen LogP contribution >= 0.6 is 11.6 Å². The minimum absolute atomic E-state index is 0.189. The van der Waals surface area contributed by atoms with Gasteiger partial charge in [0.25, 0.3) is 0 Å². The first-order valence-corrected chi connectivity index (χ1v) is 6.33. The number of rotatable bonds is 4. The molecule has 0 aliphatic rings. The van der Waals surface area contributed by atoms with E-state index in [1.807, 2.05) is 6.92 Å². The number of hydrogen-bond acceptors (Lipinski definition) is 3. The molecule has 0 fully saturated rings. The molecule has 2 aromatic carbocycles. The number of nitrogen functional groups attached to an aromatic ring is 1. The summed E-state index contributed by atoms with van der Waals surface area (Å²) in [4.78, 5) is 12.4. The lowest BCUT2D eigenvalue weighted by molar-refractivity contribution is 0.103. The average molecular weight is 276 g/mol. The molecule has 2 N–H and O–H groups in total. The molecule has 0 heterocycles. The molecule has 0 aliphatic carbocycles. The number of halogens is 1. The van der Waals surface area contributed by atoms with Crippen molar-refractivity contribution >= 4 is 23.1 Å². The van der Waals surface area contributed by atoms with Gasteiger partial charge in [0.05, 0.1) is 11.6 Å². The van der Waals surface area contributed by atoms with E-state index in [4.69, 9.17) is 22.1 Å². The summed E-state index contributed by atoms with van der Waals surface area (Å²) in [6.07, 6.45) is 0. The Morgan fingerprint density at radius 2 is 1.95 bits per heavy atom. The Labute approximate surface area is 117 Å². The molecule has 0 saturated carbocycles. The molecule has 0 atom stereocenters. The van der Waals surface area contributed by atoms with Crippen molar-refractivity contribution in [2.24, 2.45) is 0 Å². The summed E-state index contributed by atoms with van der Waals surface area (Å²) in [7, 11) is 0. The van der Waals surface area contributed by atoms with Crippen LogP contribution in [0.25, 0.3) is 0 Å². The van der Waals surface area contributed by atoms with E-state index >= 15 is 0 Å². The molecule has 2 aromatic rings. The summed E-state index contributed by atoms with van der Waals surface area (Å²) in [5.41, 5.74) is 7.11. The SMILES string of the molecule is CCOc1ccc(C(=O)c2ccccc2N)c(Cl)c1. The molecule has 0 radical (unpaired) electrons. The maximum Gasteiger partial charge on any atom is 0.196 e. The molecule has 0 spiro atoms. The fourth-order valence-electron chi connectivity index (χ4n) is 1.79. The quantitative estimate of drug-likeness (QED) is 0.686. The van der Waals surface area contributed by atoms with Crippen LogP contribution in [0.15, 0.2) is 42.5 Å². The van der Waals surface area contributed by atoms with Gasteiger partial charge in [-0.25, -0.2) is 0 Å². The number of carbonyl (C=O) groups is 1. The van der Waals surface area contributed by atoms with E-state index in [-0.39, 0.29) is 5.78 Å². The molecule has 4 heteroatoms. The highest BCUT2D eigenvalue weighted by Crippen LogP contribution is 2.26. The van der Waals surface area contributed by atoms with Crippen LogP contribution in [0, 0.1) is 0 Å². The lowest BCUT2D eigenvalue weighted by Crippen LogP contribution is -2.06. The zero-order valence-corrected chi connectivity index (χ0v) is 11.3. The van der Waals surface area contributed by atoms with E-state index in [2.05, 4.69) is 0 Å². The molecule has 98 valence electrons. The van der Waals surface area contributed by atoms with Crippen LogP contribution in [0.3, 0.4) is 0 Å². The van der Waals surface area contributed by atoms with Gasteiger partial charge in [-0.2, -0.15) is 0 Å². The molecule has 3 nitrogen and oxygen atoms in total. The molecule has 19 heavy (non-hydrogen) atoms. The first-order chi connectivity index (χ1) is 9.13. The number of carbonyl (C=O) groups excluding carboxylic acids is 1. The van der Waals surface area contributed by atoms with E-state index < -0.39 is 0 Å². The van der Waals surface area contributed by atoms with E-state index in [9.17, 15) is 4.79 Å². The summed E-state index contributed by atoms with van der Waals surface area (Å²) in [6, 6.07) is 11.9. The number of nitrogens with two attached hydrogens (primary N) is 1. The van der Waals surface area contributed by atoms with Gasteiger partial charge in [0.2, 0.25) is 0 Å². The Kier molecular flexibility index (Phi) is 4.07. The van der Waals surface area contributed by atoms with Gasteiger partial charge in [0.1, 0.15) is 5.75 Å². The molecule has 0 aromatic heterocycles. The van der Waals surface area contributed by atoms with Gasteiger partial charge in [-0.15, -0.1) is 0 Å². The van der Waals surface area contributed by atoms with Crippen molar-refractivity contribution in [2.75, 3.05) is 12.3 Å². The van der Waals surface area contributed by atoms with Crippen molar-refractivity contribution in [3.63, 3.8) is 0 Å². The highest BCUT2D eigenvalue weighted by Gasteiger charge is 2.15. The smallest absolute Gasteiger partial charge is 0.196 e. The van der Waals surface area contributed by atoms with Gasteiger partial charge in [-0.3, -0.25) is 4.79 Å². The van der Waals surface area contributed by atoms with Gasteiger partial charge < -0.3 is 10.5 Å². The summed E-state index contributed by atoms with van der Waals surface area (Å²) >= 11 is 6.12. The second-order valence-electron chi connectivity index (χ2n) is 3.99. The van der Waals surface area contributed by atoms with E-state index in [1.54, 1.807) is 42.5 Å². The number of para-hydroxylation sites is 1. The summed E-state index contributed by atoms with van der Waals surface area (Å²) in [5, 5.41) is 0.360. The van der Waals surface area contributed by atoms with Crippen LogP contribution in [0.2, 0.25) is 5.02 Å². The topological polar surface area (TPSA) is 52.3 Å². The van der Waals surface area contributed by atoms with Crippen molar-refractivity contribution in [1.82, 2.24) is 0 Å². The normalized spacial score (nSPS) is 10.2. The van der Waals surface area contributed by atoms with Crippen molar-refractivity contribution < 1.29 is 9.53 Å². The fourth-order valence-corrected chi connectivity index (χ4v) is 2.04. The Bertz CT molecular complexity index is 611. The van der Waals surface area contributed by atoms with Crippen LogP contribution in [0.5, 0.6) is 5.75 Å². The molecule has 2 rings (SSSR count). The number of hydrogen-bond donors (Lipinski definition) is 1. The third-order valence-electron chi connectivity index (χ3n) is 2.70. The van der Waals surface area contributed by atoms with E-state index in [0.29, 0.717) is 34.2 Å². The van der Waals surface area contributed by atoms with Gasteiger partial charge in [-0.1, -0.05) is 23.7 Å². The van der Waals surface area contributed by atoms with Gasteiger partial charge >= 0.3 is 0 Å². The monoisotopic (exact) mass is 275 g/mol. The molecule has 0 bridgehead atoms. The number of anilines is 1. The highest BCUT2D eigenvalue weighted by atomic mass is 35.5. The third kappa shape index (κ3) is 2.88. The second kappa shape index (κ2) is 5.76. The summed E-state index contributed by atoms with van der Waals surface area (Å²) in [6.45, 7) is 2.44. The van der Waals surface area contributed by atoms with E-state index in [1.165, 1.54) is 0 Å². The first-order valence-electron chi connectivity index (χ1n) is 5.95. The fraction of sp³-hybridized carbons (Fsp3) is 0.133. The molecule has 0 saturated heterocycles. The van der Waals surface area contributed by atoms with Gasteiger partial charge in [0.15, 0.2) is 5.78 Å². The van der Waals surface area contributed by atoms with E-state index in [0.717, 1.165) is 0 Å². The molecule has 0 aliphatic heterocycles. The van der Waals surface area contributed by atoms with Crippen molar-refractivity contribution in [3.05, 3.63) is 58.6 Å². The zero-order chi connectivity index (χ0) is 13.8. The maximum absolute atomic E-state index is 12.4. The lowest BCUT2D eigenvalue weighted by atomic mass is 10.0. The Balaban J connectivity index is 2.37. The van der Waals surface area contributed by atoms with Crippen molar-refractivity contribution in [3.8, 4) is 5.75 Å². The molecular formula is C15H14ClNO2. The van der Waals surface area contributed by atoms with Crippen LogP contribution in [0.4, 0.5) is 5.69 Å². The number of ketones is 1. The highest BCUT2D eigenvalue weighted by molar-refractivity contribution is 6.35. The Morgan fingerprint density at radius 3 is 2.58 bits per heavy atom. The van der Waals surface area contributed by atoms with Gasteiger partial charge in [-0.05, 0) is 37.3 Å². The first kappa shape index (κ1) is 13.4. The predicted octanol–water partition coefficient (Wildman–Crippen LogP) is 3.55. The van der Waals surface area contributed by atoms with Crippen LogP contribution in [-0.4, -0.2) is 12.4 Å². The minimum atomic E-state index is -0.189. The molecular weight excluding hydrogens is 262 g/mol. The van der Waals surface area contributed by atoms with Crippen molar-refractivity contribution in [2.45, 2.75) is 6.92 Å².